The molecule has 0 aromatic heterocycles. The lowest BCUT2D eigenvalue weighted by Crippen LogP contribution is -2.40. The standard InChI is InChI=1S/C7H14O6/c1-12-2-3(8)6-4(9)5(10)7(11)13-6/h3-11H,2H2,1H3/t3-,4-,5-,6+,7-/m1/s1. The van der Waals surface area contributed by atoms with Crippen LogP contribution < -0.4 is 0 Å². The first-order chi connectivity index (χ1) is 6.07. The normalized spacial score (nSPS) is 42.2. The molecule has 0 aromatic rings. The zero-order valence-electron chi connectivity index (χ0n) is 7.20. The molecule has 0 unspecified atom stereocenters. The number of ether oxygens (including phenoxy) is 2. The Morgan fingerprint density at radius 3 is 2.31 bits per heavy atom. The van der Waals surface area contributed by atoms with Gasteiger partial charge in [-0.2, -0.15) is 0 Å². The van der Waals surface area contributed by atoms with E-state index in [0.29, 0.717) is 0 Å². The van der Waals surface area contributed by atoms with Crippen LogP contribution in [0.25, 0.3) is 0 Å². The van der Waals surface area contributed by atoms with E-state index in [0.717, 1.165) is 0 Å². The van der Waals surface area contributed by atoms with E-state index in [4.69, 9.17) is 14.9 Å². The minimum atomic E-state index is -1.45. The Morgan fingerprint density at radius 1 is 1.31 bits per heavy atom. The Balaban J connectivity index is 2.52. The molecule has 0 saturated carbocycles. The first-order valence-corrected chi connectivity index (χ1v) is 3.94. The molecular weight excluding hydrogens is 180 g/mol. The number of methoxy groups -OCH3 is 1. The highest BCUT2D eigenvalue weighted by Crippen LogP contribution is 2.22. The average Bonchev–Trinajstić information content (AvgIpc) is 2.33. The smallest absolute Gasteiger partial charge is 0.184 e. The van der Waals surface area contributed by atoms with E-state index < -0.39 is 30.7 Å². The van der Waals surface area contributed by atoms with Crippen LogP contribution in [0.1, 0.15) is 0 Å². The fraction of sp³-hybridized carbons (Fsp3) is 1.00. The summed E-state index contributed by atoms with van der Waals surface area (Å²) < 4.78 is 9.36. The van der Waals surface area contributed by atoms with Crippen molar-refractivity contribution in [2.45, 2.75) is 30.7 Å². The van der Waals surface area contributed by atoms with Crippen LogP contribution in [0.15, 0.2) is 0 Å². The van der Waals surface area contributed by atoms with E-state index in [1.807, 2.05) is 0 Å². The van der Waals surface area contributed by atoms with Crippen molar-refractivity contribution in [1.82, 2.24) is 0 Å². The summed E-state index contributed by atoms with van der Waals surface area (Å²) in [7, 11) is 1.39. The van der Waals surface area contributed by atoms with Crippen molar-refractivity contribution in [3.05, 3.63) is 0 Å². The highest BCUT2D eigenvalue weighted by Gasteiger charge is 2.45. The second-order valence-corrected chi connectivity index (χ2v) is 3.00. The molecule has 1 saturated heterocycles. The van der Waals surface area contributed by atoms with Crippen LogP contribution in [0.3, 0.4) is 0 Å². The molecule has 4 N–H and O–H groups in total. The number of hydrogen-bond acceptors (Lipinski definition) is 6. The second-order valence-electron chi connectivity index (χ2n) is 3.00. The molecule has 0 aromatic carbocycles. The summed E-state index contributed by atoms with van der Waals surface area (Å²) in [6.45, 7) is -0.0266. The summed E-state index contributed by atoms with van der Waals surface area (Å²) in [6.07, 6.45) is -6.19. The van der Waals surface area contributed by atoms with E-state index in [1.165, 1.54) is 7.11 Å². The number of aliphatic hydroxyl groups is 4. The third-order valence-electron chi connectivity index (χ3n) is 1.99. The molecule has 1 aliphatic heterocycles. The van der Waals surface area contributed by atoms with Crippen molar-refractivity contribution >= 4 is 0 Å². The quantitative estimate of drug-likeness (QED) is 0.394. The molecule has 1 heterocycles. The Labute approximate surface area is 75.3 Å². The van der Waals surface area contributed by atoms with Gasteiger partial charge in [0.1, 0.15) is 24.4 Å². The van der Waals surface area contributed by atoms with Gasteiger partial charge in [0.2, 0.25) is 0 Å². The minimum Gasteiger partial charge on any atom is -0.388 e. The van der Waals surface area contributed by atoms with E-state index >= 15 is 0 Å². The maximum atomic E-state index is 9.32. The third kappa shape index (κ3) is 2.16. The average molecular weight is 194 g/mol. The van der Waals surface area contributed by atoms with Gasteiger partial charge in [-0.05, 0) is 0 Å². The molecule has 1 aliphatic rings. The molecule has 13 heavy (non-hydrogen) atoms. The van der Waals surface area contributed by atoms with Crippen LogP contribution in [0.5, 0.6) is 0 Å². The third-order valence-corrected chi connectivity index (χ3v) is 1.99. The maximum Gasteiger partial charge on any atom is 0.184 e. The van der Waals surface area contributed by atoms with Crippen molar-refractivity contribution in [2.75, 3.05) is 13.7 Å². The molecule has 78 valence electrons. The van der Waals surface area contributed by atoms with Gasteiger partial charge in [-0.15, -0.1) is 0 Å². The fourth-order valence-electron chi connectivity index (χ4n) is 1.27. The summed E-state index contributed by atoms with van der Waals surface area (Å²) in [5.41, 5.74) is 0. The summed E-state index contributed by atoms with van der Waals surface area (Å²) in [5, 5.41) is 36.6. The van der Waals surface area contributed by atoms with Crippen LogP contribution in [0.2, 0.25) is 0 Å². The molecule has 0 bridgehead atoms. The Morgan fingerprint density at radius 2 is 1.92 bits per heavy atom. The number of hydrogen-bond donors (Lipinski definition) is 4. The summed E-state index contributed by atoms with van der Waals surface area (Å²) >= 11 is 0. The van der Waals surface area contributed by atoms with Crippen LogP contribution in [0.4, 0.5) is 0 Å². The van der Waals surface area contributed by atoms with Crippen molar-refractivity contribution in [3.8, 4) is 0 Å². The lowest BCUT2D eigenvalue weighted by atomic mass is 10.1. The molecule has 1 fully saturated rings. The Hall–Kier alpha value is -0.240. The summed E-state index contributed by atoms with van der Waals surface area (Å²) in [6, 6.07) is 0. The van der Waals surface area contributed by atoms with Crippen LogP contribution in [0, 0.1) is 0 Å². The van der Waals surface area contributed by atoms with E-state index in [1.54, 1.807) is 0 Å². The van der Waals surface area contributed by atoms with Crippen LogP contribution >= 0.6 is 0 Å². The molecule has 6 heteroatoms. The van der Waals surface area contributed by atoms with Crippen molar-refractivity contribution < 1.29 is 29.9 Å². The van der Waals surface area contributed by atoms with Gasteiger partial charge in [0.05, 0.1) is 6.61 Å². The summed E-state index contributed by atoms with van der Waals surface area (Å²) in [5.74, 6) is 0. The molecule has 0 radical (unpaired) electrons. The Bertz CT molecular complexity index is 163. The van der Waals surface area contributed by atoms with Gasteiger partial charge in [0.25, 0.3) is 0 Å². The predicted molar refractivity (Wildman–Crippen MR) is 40.8 cm³/mol. The molecule has 1 rings (SSSR count). The van der Waals surface area contributed by atoms with Crippen LogP contribution in [-0.4, -0.2) is 64.8 Å². The lowest BCUT2D eigenvalue weighted by Gasteiger charge is -2.19. The van der Waals surface area contributed by atoms with Gasteiger partial charge in [-0.1, -0.05) is 0 Å². The SMILES string of the molecule is COC[C@@H](O)[C@@H]1O[C@@H](O)[C@H](O)[C@H]1O. The largest absolute Gasteiger partial charge is 0.388 e. The van der Waals surface area contributed by atoms with Gasteiger partial charge in [0, 0.05) is 7.11 Å². The minimum absolute atomic E-state index is 0.0266. The highest BCUT2D eigenvalue weighted by atomic mass is 16.7. The van der Waals surface area contributed by atoms with Gasteiger partial charge in [-0.25, -0.2) is 0 Å². The van der Waals surface area contributed by atoms with E-state index in [-0.39, 0.29) is 6.61 Å². The van der Waals surface area contributed by atoms with Gasteiger partial charge < -0.3 is 29.9 Å². The molecule has 5 atom stereocenters. The Kier molecular flexibility index (Phi) is 3.60. The van der Waals surface area contributed by atoms with Crippen molar-refractivity contribution in [3.63, 3.8) is 0 Å². The molecule has 0 aliphatic carbocycles. The molecule has 0 amide bonds. The first kappa shape index (κ1) is 10.8. The van der Waals surface area contributed by atoms with Gasteiger partial charge >= 0.3 is 0 Å². The monoisotopic (exact) mass is 194 g/mol. The van der Waals surface area contributed by atoms with E-state index in [2.05, 4.69) is 4.74 Å². The van der Waals surface area contributed by atoms with Gasteiger partial charge in [0.15, 0.2) is 6.29 Å². The fourth-order valence-corrected chi connectivity index (χ4v) is 1.27. The van der Waals surface area contributed by atoms with Crippen LogP contribution in [-0.2, 0) is 9.47 Å². The highest BCUT2D eigenvalue weighted by molar-refractivity contribution is 4.89. The van der Waals surface area contributed by atoms with Crippen molar-refractivity contribution in [2.24, 2.45) is 0 Å². The lowest BCUT2D eigenvalue weighted by molar-refractivity contribution is -0.151. The molecular formula is C7H14O6. The second kappa shape index (κ2) is 4.32. The van der Waals surface area contributed by atoms with Crippen molar-refractivity contribution in [1.29, 1.82) is 0 Å². The summed E-state index contributed by atoms with van der Waals surface area (Å²) in [4.78, 5) is 0. The number of rotatable bonds is 3. The zero-order chi connectivity index (χ0) is 10.0. The first-order valence-electron chi connectivity index (χ1n) is 3.94. The zero-order valence-corrected chi connectivity index (χ0v) is 7.20. The van der Waals surface area contributed by atoms with E-state index in [9.17, 15) is 10.2 Å². The number of aliphatic hydroxyl groups excluding tert-OH is 4. The van der Waals surface area contributed by atoms with Gasteiger partial charge in [-0.3, -0.25) is 0 Å². The molecule has 0 spiro atoms. The predicted octanol–water partition coefficient (Wildman–Crippen LogP) is -2.57. The topological polar surface area (TPSA) is 99.4 Å². The maximum absolute atomic E-state index is 9.32. The molecule has 6 nitrogen and oxygen atoms in total.